The highest BCUT2D eigenvalue weighted by Gasteiger charge is 2.39. The maximum atomic E-state index is 9.98. The van der Waals surface area contributed by atoms with Crippen LogP contribution >= 0.6 is 11.3 Å². The molecule has 2 aromatic carbocycles. The van der Waals surface area contributed by atoms with Gasteiger partial charge in [-0.15, -0.1) is 11.3 Å². The fourth-order valence-electron chi connectivity index (χ4n) is 5.72. The summed E-state index contributed by atoms with van der Waals surface area (Å²) in [6, 6.07) is 26.5. The summed E-state index contributed by atoms with van der Waals surface area (Å²) < 4.78 is 0. The van der Waals surface area contributed by atoms with Crippen molar-refractivity contribution < 1.29 is 0 Å². The smallest absolute Gasteiger partial charge is 0.227 e. The standard InChI is InChI=1S/C34H10N10S/c35-11-19(12-36)29-23-9-17(25-5-7-41-27(15-39)43-25)1-3-21(23)31-32-22-4-2-18(26-6-8-42-28(16-40)44-26)10-24(22)30(20(13-37)14-38)34(32)45-33(29)31/h1-10H. The van der Waals surface area contributed by atoms with Crippen LogP contribution in [0.15, 0.2) is 72.1 Å². The Morgan fingerprint density at radius 3 is 1.33 bits per heavy atom. The van der Waals surface area contributed by atoms with Gasteiger partial charge in [0.05, 0.1) is 11.4 Å². The molecule has 0 radical (unpaired) electrons. The molecule has 10 nitrogen and oxygen atoms in total. The van der Waals surface area contributed by atoms with E-state index in [0.29, 0.717) is 54.5 Å². The summed E-state index contributed by atoms with van der Waals surface area (Å²) >= 11 is 1.32. The summed E-state index contributed by atoms with van der Waals surface area (Å²) in [4.78, 5) is 17.9. The second-order valence-electron chi connectivity index (χ2n) is 9.73. The molecular weight excluding hydrogens is 581 g/mol. The van der Waals surface area contributed by atoms with Crippen molar-refractivity contribution in [3.8, 4) is 81.2 Å². The Labute approximate surface area is 259 Å². The number of rotatable bonds is 2. The van der Waals surface area contributed by atoms with E-state index in [1.165, 1.54) is 23.7 Å². The minimum absolute atomic E-state index is 0.0160. The molecule has 2 aliphatic carbocycles. The molecule has 0 unspecified atom stereocenters. The maximum absolute atomic E-state index is 9.98. The van der Waals surface area contributed by atoms with E-state index >= 15 is 0 Å². The zero-order valence-corrected chi connectivity index (χ0v) is 23.5. The van der Waals surface area contributed by atoms with Gasteiger partial charge in [-0.25, -0.2) is 19.9 Å². The predicted molar refractivity (Wildman–Crippen MR) is 161 cm³/mol. The van der Waals surface area contributed by atoms with Gasteiger partial charge >= 0.3 is 0 Å². The molecule has 3 aromatic heterocycles. The third kappa shape index (κ3) is 3.89. The van der Waals surface area contributed by atoms with E-state index < -0.39 is 0 Å². The van der Waals surface area contributed by atoms with E-state index in [-0.39, 0.29) is 22.8 Å². The third-order valence-corrected chi connectivity index (χ3v) is 8.75. The van der Waals surface area contributed by atoms with E-state index in [9.17, 15) is 31.6 Å². The lowest BCUT2D eigenvalue weighted by atomic mass is 9.95. The van der Waals surface area contributed by atoms with Gasteiger partial charge in [0.2, 0.25) is 11.6 Å². The number of hydrogen-bond acceptors (Lipinski definition) is 11. The van der Waals surface area contributed by atoms with Crippen LogP contribution in [0.3, 0.4) is 0 Å². The summed E-state index contributed by atoms with van der Waals surface area (Å²) in [6.07, 6.45) is 2.99. The largest absolute Gasteiger partial charge is 0.232 e. The van der Waals surface area contributed by atoms with E-state index in [2.05, 4.69) is 19.9 Å². The Balaban J connectivity index is 1.51. The van der Waals surface area contributed by atoms with Gasteiger partial charge in [0.15, 0.2) is 0 Å². The van der Waals surface area contributed by atoms with Crippen LogP contribution in [0.5, 0.6) is 0 Å². The summed E-state index contributed by atoms with van der Waals surface area (Å²) in [7, 11) is 0. The van der Waals surface area contributed by atoms with Crippen LogP contribution in [0.2, 0.25) is 0 Å². The van der Waals surface area contributed by atoms with Crippen molar-refractivity contribution in [2.75, 3.05) is 0 Å². The lowest BCUT2D eigenvalue weighted by Gasteiger charge is -2.08. The van der Waals surface area contributed by atoms with E-state index in [1.807, 2.05) is 72.8 Å². The maximum Gasteiger partial charge on any atom is 0.232 e. The molecule has 0 saturated carbocycles. The van der Waals surface area contributed by atoms with Crippen LogP contribution in [0.1, 0.15) is 32.5 Å². The van der Waals surface area contributed by atoms with Crippen molar-refractivity contribution in [3.63, 3.8) is 0 Å². The topological polar surface area (TPSA) is 194 Å². The van der Waals surface area contributed by atoms with Crippen molar-refractivity contribution in [1.29, 1.82) is 31.6 Å². The van der Waals surface area contributed by atoms with Gasteiger partial charge in [-0.2, -0.15) is 31.6 Å². The number of fused-ring (bicyclic) bond motifs is 7. The molecule has 45 heavy (non-hydrogen) atoms. The molecule has 0 spiro atoms. The number of aromatic nitrogens is 4. The number of nitrogens with zero attached hydrogens (tertiary/aromatic N) is 10. The quantitative estimate of drug-likeness (QED) is 0.213. The third-order valence-electron chi connectivity index (χ3n) is 7.53. The Bertz CT molecular complexity index is 2300. The summed E-state index contributed by atoms with van der Waals surface area (Å²) in [5.74, 6) is 0.0321. The van der Waals surface area contributed by atoms with Crippen LogP contribution in [-0.4, -0.2) is 19.9 Å². The second-order valence-corrected chi connectivity index (χ2v) is 10.8. The molecule has 202 valence electrons. The number of benzene rings is 2. The van der Waals surface area contributed by atoms with Gasteiger partial charge in [0, 0.05) is 55.5 Å². The Hall–Kier alpha value is -7.28. The van der Waals surface area contributed by atoms with Crippen molar-refractivity contribution in [2.24, 2.45) is 0 Å². The summed E-state index contributed by atoms with van der Waals surface area (Å²) in [5, 5.41) is 58.5. The van der Waals surface area contributed by atoms with Gasteiger partial charge in [-0.3, -0.25) is 0 Å². The average molecular weight is 591 g/mol. The van der Waals surface area contributed by atoms with Gasteiger partial charge in [-0.05, 0) is 46.5 Å². The van der Waals surface area contributed by atoms with Crippen LogP contribution < -0.4 is 0 Å². The molecule has 11 heteroatoms. The van der Waals surface area contributed by atoms with Crippen molar-refractivity contribution in [2.45, 2.75) is 0 Å². The SMILES string of the molecule is N#CC(C#N)=C1c2cc(-c3ccnc(C#N)n3)ccc2-c2c1sc1c2-c2ccc(-c3ccnc(C#N)n3)cc2C1=C(C#N)C#N. The van der Waals surface area contributed by atoms with Crippen molar-refractivity contribution >= 4 is 22.5 Å². The molecule has 0 fully saturated rings. The van der Waals surface area contributed by atoms with Crippen molar-refractivity contribution in [3.05, 3.63) is 105 Å². The molecule has 0 amide bonds. The molecule has 0 aliphatic heterocycles. The molecule has 5 aromatic rings. The number of thiophene rings is 1. The minimum atomic E-state index is -0.0774. The fourth-order valence-corrected chi connectivity index (χ4v) is 7.18. The first-order valence-electron chi connectivity index (χ1n) is 13.1. The molecule has 2 aliphatic rings. The average Bonchev–Trinajstić information content (AvgIpc) is 3.72. The first-order chi connectivity index (χ1) is 22.0. The highest BCUT2D eigenvalue weighted by Crippen LogP contribution is 2.61. The second kappa shape index (κ2) is 10.2. The number of allylic oxidation sites excluding steroid dienone is 2. The Kier molecular flexibility index (Phi) is 6.04. The zero-order valence-electron chi connectivity index (χ0n) is 22.7. The zero-order chi connectivity index (χ0) is 31.2. The molecule has 0 atom stereocenters. The summed E-state index contributed by atoms with van der Waals surface area (Å²) in [5.41, 5.74) is 7.61. The van der Waals surface area contributed by atoms with Crippen LogP contribution in [0, 0.1) is 68.0 Å². The van der Waals surface area contributed by atoms with E-state index in [1.54, 1.807) is 12.1 Å². The first kappa shape index (κ1) is 26.6. The lowest BCUT2D eigenvalue weighted by Crippen LogP contribution is -1.93. The fraction of sp³-hybridized carbons (Fsp3) is 0. The molecular formula is C34H10N10S. The molecule has 0 saturated heterocycles. The predicted octanol–water partition coefficient (Wildman–Crippen LogP) is 6.06. The van der Waals surface area contributed by atoms with Crippen LogP contribution in [-0.2, 0) is 0 Å². The number of nitriles is 6. The Morgan fingerprint density at radius 2 is 0.956 bits per heavy atom. The molecule has 3 heterocycles. The summed E-state index contributed by atoms with van der Waals surface area (Å²) in [6.45, 7) is 0. The monoisotopic (exact) mass is 590 g/mol. The normalized spacial score (nSPS) is 11.3. The van der Waals surface area contributed by atoms with E-state index in [4.69, 9.17) is 0 Å². The van der Waals surface area contributed by atoms with Gasteiger partial charge < -0.3 is 0 Å². The molecule has 0 N–H and O–H groups in total. The van der Waals surface area contributed by atoms with Crippen LogP contribution in [0.4, 0.5) is 0 Å². The highest BCUT2D eigenvalue weighted by atomic mass is 32.1. The minimum Gasteiger partial charge on any atom is -0.227 e. The number of hydrogen-bond donors (Lipinski definition) is 0. The Morgan fingerprint density at radius 1 is 0.533 bits per heavy atom. The van der Waals surface area contributed by atoms with Crippen LogP contribution in [0.25, 0.3) is 55.9 Å². The first-order valence-corrected chi connectivity index (χ1v) is 13.9. The van der Waals surface area contributed by atoms with Gasteiger partial charge in [-0.1, -0.05) is 24.3 Å². The lowest BCUT2D eigenvalue weighted by molar-refractivity contribution is 1.12. The van der Waals surface area contributed by atoms with Crippen molar-refractivity contribution in [1.82, 2.24) is 19.9 Å². The van der Waals surface area contributed by atoms with E-state index in [0.717, 1.165) is 22.3 Å². The van der Waals surface area contributed by atoms with Gasteiger partial charge in [0.1, 0.15) is 47.6 Å². The molecule has 7 rings (SSSR count). The van der Waals surface area contributed by atoms with Gasteiger partial charge in [0.25, 0.3) is 0 Å². The highest BCUT2D eigenvalue weighted by molar-refractivity contribution is 7.16. The molecule has 0 bridgehead atoms.